The Bertz CT molecular complexity index is 378. The highest BCUT2D eigenvalue weighted by Gasteiger charge is 2.38. The summed E-state index contributed by atoms with van der Waals surface area (Å²) in [5, 5.41) is 9.19. The molecule has 20 heavy (non-hydrogen) atoms. The summed E-state index contributed by atoms with van der Waals surface area (Å²) in [5.74, 6) is 0.412. The van der Waals surface area contributed by atoms with E-state index in [9.17, 15) is 14.7 Å². The summed E-state index contributed by atoms with van der Waals surface area (Å²) in [6.45, 7) is 7.53. The van der Waals surface area contributed by atoms with Crippen LogP contribution >= 0.6 is 0 Å². The number of aliphatic carboxylic acids is 1. The van der Waals surface area contributed by atoms with Crippen molar-refractivity contribution in [2.75, 3.05) is 6.54 Å². The summed E-state index contributed by atoms with van der Waals surface area (Å²) >= 11 is 0. The molecule has 1 amide bonds. The van der Waals surface area contributed by atoms with E-state index in [1.807, 2.05) is 0 Å². The lowest BCUT2D eigenvalue weighted by molar-refractivity contribution is -0.146. The van der Waals surface area contributed by atoms with Crippen LogP contribution in [0.2, 0.25) is 0 Å². The van der Waals surface area contributed by atoms with Crippen LogP contribution in [-0.2, 0) is 9.59 Å². The minimum absolute atomic E-state index is 0.0235. The van der Waals surface area contributed by atoms with Crippen LogP contribution in [0.25, 0.3) is 0 Å². The number of carboxylic acids is 1. The molecule has 1 aliphatic carbocycles. The van der Waals surface area contributed by atoms with Gasteiger partial charge in [0.1, 0.15) is 6.04 Å². The molecule has 1 unspecified atom stereocenters. The van der Waals surface area contributed by atoms with Gasteiger partial charge >= 0.3 is 5.97 Å². The quantitative estimate of drug-likeness (QED) is 0.865. The molecule has 1 aliphatic heterocycles. The zero-order chi connectivity index (χ0) is 14.9. The smallest absolute Gasteiger partial charge is 0.326 e. The normalized spacial score (nSPS) is 31.6. The van der Waals surface area contributed by atoms with E-state index < -0.39 is 12.0 Å². The molecular weight excluding hydrogens is 254 g/mol. The van der Waals surface area contributed by atoms with Crippen LogP contribution in [0.5, 0.6) is 0 Å². The van der Waals surface area contributed by atoms with Gasteiger partial charge in [0.25, 0.3) is 0 Å². The zero-order valence-electron chi connectivity index (χ0n) is 12.9. The van der Waals surface area contributed by atoms with Crippen molar-refractivity contribution in [1.82, 2.24) is 4.90 Å². The fourth-order valence-corrected chi connectivity index (χ4v) is 3.71. The monoisotopic (exact) mass is 281 g/mol. The zero-order valence-corrected chi connectivity index (χ0v) is 12.9. The summed E-state index contributed by atoms with van der Waals surface area (Å²) in [7, 11) is 0. The van der Waals surface area contributed by atoms with Crippen molar-refractivity contribution in [2.24, 2.45) is 17.3 Å². The van der Waals surface area contributed by atoms with Crippen molar-refractivity contribution in [1.29, 1.82) is 0 Å². The van der Waals surface area contributed by atoms with Crippen LogP contribution in [0.1, 0.15) is 59.3 Å². The van der Waals surface area contributed by atoms with Crippen molar-refractivity contribution in [3.63, 3.8) is 0 Å². The Morgan fingerprint density at radius 1 is 1.20 bits per heavy atom. The van der Waals surface area contributed by atoms with Crippen LogP contribution < -0.4 is 0 Å². The maximum absolute atomic E-state index is 11.8. The van der Waals surface area contributed by atoms with Crippen molar-refractivity contribution in [2.45, 2.75) is 65.3 Å². The number of rotatable bonds is 3. The first kappa shape index (κ1) is 15.3. The van der Waals surface area contributed by atoms with Gasteiger partial charge < -0.3 is 10.0 Å². The van der Waals surface area contributed by atoms with E-state index in [0.29, 0.717) is 30.7 Å². The Hall–Kier alpha value is -1.06. The maximum Gasteiger partial charge on any atom is 0.326 e. The molecule has 1 atom stereocenters. The SMILES string of the molecule is CC(C)(C)C1CCC(CN2C(=O)CCC2C(=O)O)CC1. The van der Waals surface area contributed by atoms with Gasteiger partial charge in [0, 0.05) is 13.0 Å². The highest BCUT2D eigenvalue weighted by Crippen LogP contribution is 2.40. The molecule has 1 N–H and O–H groups in total. The van der Waals surface area contributed by atoms with Crippen LogP contribution in [0.3, 0.4) is 0 Å². The predicted octanol–water partition coefficient (Wildman–Crippen LogP) is 2.91. The summed E-state index contributed by atoms with van der Waals surface area (Å²) in [5.41, 5.74) is 0.359. The molecule has 0 bridgehead atoms. The Morgan fingerprint density at radius 2 is 1.80 bits per heavy atom. The van der Waals surface area contributed by atoms with Crippen LogP contribution in [-0.4, -0.2) is 34.5 Å². The van der Waals surface area contributed by atoms with Gasteiger partial charge in [-0.2, -0.15) is 0 Å². The number of carbonyl (C=O) groups excluding carboxylic acids is 1. The third-order valence-corrected chi connectivity index (χ3v) is 5.14. The van der Waals surface area contributed by atoms with E-state index in [-0.39, 0.29) is 5.91 Å². The molecule has 2 fully saturated rings. The first-order chi connectivity index (χ1) is 9.29. The molecule has 0 aromatic rings. The third-order valence-electron chi connectivity index (χ3n) is 5.14. The van der Waals surface area contributed by atoms with Gasteiger partial charge in [-0.3, -0.25) is 4.79 Å². The molecule has 1 saturated carbocycles. The second-order valence-corrected chi connectivity index (χ2v) is 7.52. The Kier molecular flexibility index (Phi) is 4.40. The summed E-state index contributed by atoms with van der Waals surface area (Å²) in [6.07, 6.45) is 5.53. The number of hydrogen-bond donors (Lipinski definition) is 1. The molecule has 0 aromatic carbocycles. The average Bonchev–Trinajstić information content (AvgIpc) is 2.71. The molecule has 1 saturated heterocycles. The fourth-order valence-electron chi connectivity index (χ4n) is 3.71. The third kappa shape index (κ3) is 3.33. The van der Waals surface area contributed by atoms with E-state index in [0.717, 1.165) is 18.8 Å². The molecule has 4 heteroatoms. The summed E-state index contributed by atoms with van der Waals surface area (Å²) in [6, 6.07) is -0.581. The topological polar surface area (TPSA) is 57.6 Å². The lowest BCUT2D eigenvalue weighted by Crippen LogP contribution is -2.42. The first-order valence-corrected chi connectivity index (χ1v) is 7.81. The van der Waals surface area contributed by atoms with Crippen molar-refractivity contribution >= 4 is 11.9 Å². The standard InChI is InChI=1S/C16H27NO3/c1-16(2,3)12-6-4-11(5-7-12)10-17-13(15(19)20)8-9-14(17)18/h11-13H,4-10H2,1-3H3,(H,19,20). The second-order valence-electron chi connectivity index (χ2n) is 7.52. The number of likely N-dealkylation sites (tertiary alicyclic amines) is 1. The molecule has 0 spiro atoms. The van der Waals surface area contributed by atoms with Crippen LogP contribution in [0.15, 0.2) is 0 Å². The fraction of sp³-hybridized carbons (Fsp3) is 0.875. The van der Waals surface area contributed by atoms with Crippen molar-refractivity contribution in [3.05, 3.63) is 0 Å². The van der Waals surface area contributed by atoms with Gasteiger partial charge in [0.05, 0.1) is 0 Å². The van der Waals surface area contributed by atoms with Crippen LogP contribution in [0.4, 0.5) is 0 Å². The van der Waals surface area contributed by atoms with Gasteiger partial charge in [-0.15, -0.1) is 0 Å². The van der Waals surface area contributed by atoms with E-state index in [2.05, 4.69) is 20.8 Å². The maximum atomic E-state index is 11.8. The molecule has 114 valence electrons. The van der Waals surface area contributed by atoms with Crippen molar-refractivity contribution in [3.8, 4) is 0 Å². The lowest BCUT2D eigenvalue weighted by atomic mass is 9.70. The number of carbonyl (C=O) groups is 2. The molecule has 4 nitrogen and oxygen atoms in total. The molecule has 0 radical (unpaired) electrons. The average molecular weight is 281 g/mol. The molecule has 1 heterocycles. The van der Waals surface area contributed by atoms with E-state index in [1.54, 1.807) is 4.90 Å². The van der Waals surface area contributed by atoms with Gasteiger partial charge in [-0.1, -0.05) is 20.8 Å². The summed E-state index contributed by atoms with van der Waals surface area (Å²) in [4.78, 5) is 24.7. The largest absolute Gasteiger partial charge is 0.480 e. The number of nitrogens with zero attached hydrogens (tertiary/aromatic N) is 1. The predicted molar refractivity (Wildman–Crippen MR) is 77.3 cm³/mol. The second kappa shape index (κ2) is 5.74. The van der Waals surface area contributed by atoms with E-state index in [1.165, 1.54) is 12.8 Å². The minimum Gasteiger partial charge on any atom is -0.480 e. The Balaban J connectivity index is 1.89. The number of hydrogen-bond acceptors (Lipinski definition) is 2. The number of carboxylic acid groups (broad SMARTS) is 1. The minimum atomic E-state index is -0.848. The summed E-state index contributed by atoms with van der Waals surface area (Å²) < 4.78 is 0. The highest BCUT2D eigenvalue weighted by molar-refractivity contribution is 5.87. The molecule has 2 aliphatic rings. The molecule has 0 aromatic heterocycles. The van der Waals surface area contributed by atoms with E-state index in [4.69, 9.17) is 0 Å². The highest BCUT2D eigenvalue weighted by atomic mass is 16.4. The van der Waals surface area contributed by atoms with Crippen molar-refractivity contribution < 1.29 is 14.7 Å². The Morgan fingerprint density at radius 3 is 2.30 bits per heavy atom. The Labute approximate surface area is 121 Å². The van der Waals surface area contributed by atoms with Gasteiger partial charge in [0.2, 0.25) is 5.91 Å². The molecule has 2 rings (SSSR count). The van der Waals surface area contributed by atoms with Crippen LogP contribution in [0, 0.1) is 17.3 Å². The first-order valence-electron chi connectivity index (χ1n) is 7.81. The molecular formula is C16H27NO3. The number of amides is 1. The lowest BCUT2D eigenvalue weighted by Gasteiger charge is -2.38. The van der Waals surface area contributed by atoms with Gasteiger partial charge in [-0.25, -0.2) is 4.79 Å². The van der Waals surface area contributed by atoms with Gasteiger partial charge in [-0.05, 0) is 49.4 Å². The van der Waals surface area contributed by atoms with E-state index >= 15 is 0 Å². The van der Waals surface area contributed by atoms with Gasteiger partial charge in [0.15, 0.2) is 0 Å².